The number of aldehydes is 1. The van der Waals surface area contributed by atoms with E-state index >= 15 is 0 Å². The molecule has 11 heavy (non-hydrogen) atoms. The van der Waals surface area contributed by atoms with Gasteiger partial charge in [-0.3, -0.25) is 4.79 Å². The van der Waals surface area contributed by atoms with E-state index in [1.807, 2.05) is 0 Å². The van der Waals surface area contributed by atoms with Crippen LogP contribution in [0.2, 0.25) is 0 Å². The van der Waals surface area contributed by atoms with Crippen molar-refractivity contribution in [3.63, 3.8) is 0 Å². The van der Waals surface area contributed by atoms with Crippen LogP contribution < -0.4 is 4.74 Å². The number of ether oxygens (including phenoxy) is 1. The van der Waals surface area contributed by atoms with Gasteiger partial charge >= 0.3 is 0 Å². The first-order chi connectivity index (χ1) is 5.27. The van der Waals surface area contributed by atoms with Crippen molar-refractivity contribution in [3.05, 3.63) is 21.4 Å². The highest BCUT2D eigenvalue weighted by Crippen LogP contribution is 2.16. The maximum atomic E-state index is 10.3. The Bertz CT molecular complexity index is 275. The van der Waals surface area contributed by atoms with E-state index in [9.17, 15) is 4.79 Å². The Hall–Kier alpha value is -0.650. The maximum Gasteiger partial charge on any atom is 0.227 e. The Labute approximate surface area is 77.9 Å². The van der Waals surface area contributed by atoms with Crippen LogP contribution in [0.25, 0.3) is 0 Å². The molecule has 0 atom stereocenters. The van der Waals surface area contributed by atoms with Crippen molar-refractivity contribution < 1.29 is 9.53 Å². The summed E-state index contributed by atoms with van der Waals surface area (Å²) >= 11 is 2.09. The molecule has 0 N–H and O–H groups in total. The number of rotatable bonds is 2. The number of halogens is 1. The molecule has 0 spiro atoms. The predicted octanol–water partition coefficient (Wildman–Crippen LogP) is 1.51. The van der Waals surface area contributed by atoms with Crippen LogP contribution >= 0.6 is 22.6 Å². The van der Waals surface area contributed by atoms with Gasteiger partial charge in [-0.05, 0) is 34.7 Å². The maximum absolute atomic E-state index is 10.3. The van der Waals surface area contributed by atoms with Gasteiger partial charge in [-0.2, -0.15) is 0 Å². The summed E-state index contributed by atoms with van der Waals surface area (Å²) in [6, 6.07) is 3.44. The van der Waals surface area contributed by atoms with Crippen molar-refractivity contribution in [2.45, 2.75) is 0 Å². The third-order valence-electron chi connectivity index (χ3n) is 1.15. The summed E-state index contributed by atoms with van der Waals surface area (Å²) in [6.07, 6.45) is 0.693. The van der Waals surface area contributed by atoms with Crippen LogP contribution in [0.4, 0.5) is 0 Å². The molecule has 1 aromatic heterocycles. The Morgan fingerprint density at radius 3 is 2.91 bits per heavy atom. The van der Waals surface area contributed by atoms with E-state index in [0.717, 1.165) is 3.57 Å². The van der Waals surface area contributed by atoms with Gasteiger partial charge in [0.05, 0.1) is 10.7 Å². The molecule has 0 saturated carbocycles. The first-order valence-corrected chi connectivity index (χ1v) is 4.01. The zero-order valence-electron chi connectivity index (χ0n) is 5.87. The second-order valence-corrected chi connectivity index (χ2v) is 3.01. The van der Waals surface area contributed by atoms with Crippen LogP contribution in [0, 0.1) is 3.57 Å². The third-order valence-corrected chi connectivity index (χ3v) is 1.97. The lowest BCUT2D eigenvalue weighted by Crippen LogP contribution is -1.94. The first-order valence-electron chi connectivity index (χ1n) is 2.93. The van der Waals surface area contributed by atoms with Crippen LogP contribution in [-0.2, 0) is 0 Å². The van der Waals surface area contributed by atoms with Gasteiger partial charge in [0, 0.05) is 0 Å². The van der Waals surface area contributed by atoms with E-state index in [0.29, 0.717) is 17.9 Å². The van der Waals surface area contributed by atoms with Gasteiger partial charge in [0.1, 0.15) is 5.69 Å². The van der Waals surface area contributed by atoms with Crippen LogP contribution in [0.5, 0.6) is 5.88 Å². The minimum atomic E-state index is 0.391. The van der Waals surface area contributed by atoms with E-state index in [2.05, 4.69) is 27.6 Å². The van der Waals surface area contributed by atoms with E-state index in [4.69, 9.17) is 4.74 Å². The first kappa shape index (κ1) is 8.45. The van der Waals surface area contributed by atoms with Crippen LogP contribution in [-0.4, -0.2) is 18.4 Å². The molecule has 4 heteroatoms. The largest absolute Gasteiger partial charge is 0.480 e. The van der Waals surface area contributed by atoms with Gasteiger partial charge in [-0.25, -0.2) is 4.98 Å². The van der Waals surface area contributed by atoms with Crippen molar-refractivity contribution in [3.8, 4) is 5.88 Å². The van der Waals surface area contributed by atoms with Crippen molar-refractivity contribution in [2.24, 2.45) is 0 Å². The van der Waals surface area contributed by atoms with Gasteiger partial charge in [-0.15, -0.1) is 0 Å². The number of nitrogens with zero attached hydrogens (tertiary/aromatic N) is 1. The molecule has 0 amide bonds. The third kappa shape index (κ3) is 1.89. The molecule has 1 rings (SSSR count). The molecule has 0 unspecified atom stereocenters. The molecule has 0 aromatic carbocycles. The number of methoxy groups -OCH3 is 1. The average Bonchev–Trinajstić information content (AvgIpc) is 2.05. The highest BCUT2D eigenvalue weighted by molar-refractivity contribution is 14.1. The fraction of sp³-hybridized carbons (Fsp3) is 0.143. The molecule has 0 bridgehead atoms. The molecule has 1 aromatic rings. The zero-order chi connectivity index (χ0) is 8.27. The lowest BCUT2D eigenvalue weighted by atomic mass is 10.4. The Morgan fingerprint density at radius 2 is 2.36 bits per heavy atom. The average molecular weight is 263 g/mol. The highest BCUT2D eigenvalue weighted by Gasteiger charge is 2.01. The van der Waals surface area contributed by atoms with E-state index < -0.39 is 0 Å². The predicted molar refractivity (Wildman–Crippen MR) is 48.9 cm³/mol. The molecular weight excluding hydrogens is 257 g/mol. The van der Waals surface area contributed by atoms with E-state index in [1.165, 1.54) is 7.11 Å². The van der Waals surface area contributed by atoms with Crippen molar-refractivity contribution in [1.82, 2.24) is 4.98 Å². The van der Waals surface area contributed by atoms with Gasteiger partial charge in [0.25, 0.3) is 0 Å². The van der Waals surface area contributed by atoms with Gasteiger partial charge in [0.2, 0.25) is 5.88 Å². The second kappa shape index (κ2) is 3.66. The van der Waals surface area contributed by atoms with Gasteiger partial charge in [0.15, 0.2) is 6.29 Å². The van der Waals surface area contributed by atoms with E-state index in [-0.39, 0.29) is 0 Å². The topological polar surface area (TPSA) is 39.2 Å². The number of hydrogen-bond acceptors (Lipinski definition) is 3. The Kier molecular flexibility index (Phi) is 2.81. The number of pyridine rings is 1. The van der Waals surface area contributed by atoms with Crippen LogP contribution in [0.1, 0.15) is 10.5 Å². The van der Waals surface area contributed by atoms with Crippen molar-refractivity contribution in [1.29, 1.82) is 0 Å². The molecule has 0 aliphatic heterocycles. The summed E-state index contributed by atoms with van der Waals surface area (Å²) in [7, 11) is 1.53. The quantitative estimate of drug-likeness (QED) is 0.599. The van der Waals surface area contributed by atoms with Crippen molar-refractivity contribution >= 4 is 28.9 Å². The summed E-state index contributed by atoms with van der Waals surface area (Å²) in [5.74, 6) is 0.496. The summed E-state index contributed by atoms with van der Waals surface area (Å²) in [4.78, 5) is 14.2. The van der Waals surface area contributed by atoms with Gasteiger partial charge in [-0.1, -0.05) is 0 Å². The smallest absolute Gasteiger partial charge is 0.227 e. The highest BCUT2D eigenvalue weighted by atomic mass is 127. The Morgan fingerprint density at radius 1 is 1.64 bits per heavy atom. The number of carbonyl (C=O) groups excluding carboxylic acids is 1. The molecular formula is C7H6INO2. The molecule has 0 fully saturated rings. The van der Waals surface area contributed by atoms with Crippen LogP contribution in [0.3, 0.4) is 0 Å². The molecule has 0 aliphatic carbocycles. The molecule has 0 aliphatic rings. The molecule has 1 heterocycles. The van der Waals surface area contributed by atoms with Gasteiger partial charge < -0.3 is 4.74 Å². The normalized spacial score (nSPS) is 9.27. The van der Waals surface area contributed by atoms with Crippen LogP contribution in [0.15, 0.2) is 12.1 Å². The lowest BCUT2D eigenvalue weighted by Gasteiger charge is -2.00. The number of aromatic nitrogens is 1. The SMILES string of the molecule is COc1nc(C=O)ccc1I. The second-order valence-electron chi connectivity index (χ2n) is 1.85. The molecule has 0 saturated heterocycles. The fourth-order valence-electron chi connectivity index (χ4n) is 0.647. The zero-order valence-corrected chi connectivity index (χ0v) is 8.03. The standard InChI is InChI=1S/C7H6INO2/c1-11-7-6(8)3-2-5(4-10)9-7/h2-4H,1H3. The summed E-state index contributed by atoms with van der Waals surface area (Å²) in [6.45, 7) is 0. The number of carbonyl (C=O) groups is 1. The Balaban J connectivity index is 3.12. The summed E-state index contributed by atoms with van der Waals surface area (Å²) in [5.41, 5.74) is 0.391. The van der Waals surface area contributed by atoms with Crippen molar-refractivity contribution in [2.75, 3.05) is 7.11 Å². The van der Waals surface area contributed by atoms with E-state index in [1.54, 1.807) is 12.1 Å². The lowest BCUT2D eigenvalue weighted by molar-refractivity contribution is 0.111. The molecule has 3 nitrogen and oxygen atoms in total. The monoisotopic (exact) mass is 263 g/mol. The number of hydrogen-bond donors (Lipinski definition) is 0. The summed E-state index contributed by atoms with van der Waals surface area (Å²) in [5, 5.41) is 0. The fourth-order valence-corrected chi connectivity index (χ4v) is 1.17. The minimum absolute atomic E-state index is 0.391. The minimum Gasteiger partial charge on any atom is -0.480 e. The molecule has 58 valence electrons. The summed E-state index contributed by atoms with van der Waals surface area (Å²) < 4.78 is 5.81. The molecule has 0 radical (unpaired) electrons.